The zero-order chi connectivity index (χ0) is 37.5. The molecule has 0 saturated heterocycles. The SMILES string of the molecule is CCCCCCCCCCC/C=C\CCCCCCC(O)C(=O)NC(CO)C(O)C(O)CCCCCCCCCCCCCCCCCCCC. The summed E-state index contributed by atoms with van der Waals surface area (Å²) in [5, 5.41) is 43.7. The first kappa shape index (κ1) is 50.1. The van der Waals surface area contributed by atoms with Gasteiger partial charge in [0.1, 0.15) is 12.2 Å². The van der Waals surface area contributed by atoms with Crippen molar-refractivity contribution in [3.8, 4) is 0 Å². The van der Waals surface area contributed by atoms with Crippen molar-refractivity contribution in [2.24, 2.45) is 0 Å². The van der Waals surface area contributed by atoms with Gasteiger partial charge in [0.15, 0.2) is 0 Å². The molecule has 6 heteroatoms. The Bertz CT molecular complexity index is 731. The number of rotatable bonds is 41. The van der Waals surface area contributed by atoms with Gasteiger partial charge in [0.25, 0.3) is 0 Å². The molecule has 0 saturated carbocycles. The number of unbranched alkanes of at least 4 members (excludes halogenated alkanes) is 30. The van der Waals surface area contributed by atoms with E-state index in [4.69, 9.17) is 0 Å². The molecular formula is C45H89NO5. The maximum absolute atomic E-state index is 12.5. The second-order valence-corrected chi connectivity index (χ2v) is 15.8. The highest BCUT2D eigenvalue weighted by molar-refractivity contribution is 5.80. The van der Waals surface area contributed by atoms with Crippen molar-refractivity contribution in [1.82, 2.24) is 5.32 Å². The second kappa shape index (κ2) is 40.2. The van der Waals surface area contributed by atoms with Crippen molar-refractivity contribution in [3.63, 3.8) is 0 Å². The minimum atomic E-state index is -1.26. The molecule has 0 heterocycles. The lowest BCUT2D eigenvalue weighted by atomic mass is 9.99. The van der Waals surface area contributed by atoms with Gasteiger partial charge in [-0.3, -0.25) is 4.79 Å². The minimum absolute atomic E-state index is 0.358. The van der Waals surface area contributed by atoms with E-state index in [9.17, 15) is 25.2 Å². The van der Waals surface area contributed by atoms with Gasteiger partial charge in [-0.05, 0) is 38.5 Å². The number of hydrogen-bond acceptors (Lipinski definition) is 5. The topological polar surface area (TPSA) is 110 Å². The molecule has 0 spiro atoms. The molecule has 0 bridgehead atoms. The lowest BCUT2D eigenvalue weighted by Crippen LogP contribution is -2.53. The van der Waals surface area contributed by atoms with Gasteiger partial charge in [-0.25, -0.2) is 0 Å². The lowest BCUT2D eigenvalue weighted by molar-refractivity contribution is -0.132. The van der Waals surface area contributed by atoms with Crippen LogP contribution in [0.25, 0.3) is 0 Å². The summed E-state index contributed by atoms with van der Waals surface area (Å²) in [4.78, 5) is 12.5. The van der Waals surface area contributed by atoms with Gasteiger partial charge in [0.05, 0.1) is 18.8 Å². The third kappa shape index (κ3) is 34.6. The van der Waals surface area contributed by atoms with E-state index < -0.39 is 36.9 Å². The van der Waals surface area contributed by atoms with Gasteiger partial charge < -0.3 is 25.7 Å². The highest BCUT2D eigenvalue weighted by Gasteiger charge is 2.28. The Morgan fingerprint density at radius 1 is 0.471 bits per heavy atom. The first-order valence-corrected chi connectivity index (χ1v) is 22.6. The normalized spacial score (nSPS) is 14.2. The highest BCUT2D eigenvalue weighted by Crippen LogP contribution is 2.17. The Balaban J connectivity index is 3.73. The summed E-state index contributed by atoms with van der Waals surface area (Å²) < 4.78 is 0. The van der Waals surface area contributed by atoms with Gasteiger partial charge in [0, 0.05) is 0 Å². The average molecular weight is 724 g/mol. The standard InChI is InChI=1S/C45H89NO5/c1-3-5-7-9-11-13-15-17-19-21-23-24-26-28-30-32-34-36-38-42(48)44(50)41(40-47)46-45(51)43(49)39-37-35-33-31-29-27-25-22-20-18-16-14-12-10-8-6-4-2/h25,27,41-44,47-50H,3-24,26,28-40H2,1-2H3,(H,46,51)/b27-25-. The van der Waals surface area contributed by atoms with E-state index >= 15 is 0 Å². The summed E-state index contributed by atoms with van der Waals surface area (Å²) in [5.74, 6) is -0.590. The maximum atomic E-state index is 12.5. The quantitative estimate of drug-likeness (QED) is 0.0319. The molecule has 1 amide bonds. The summed E-state index contributed by atoms with van der Waals surface area (Å²) >= 11 is 0. The van der Waals surface area contributed by atoms with Gasteiger partial charge in [-0.1, -0.05) is 212 Å². The molecule has 304 valence electrons. The molecule has 0 rings (SSSR count). The van der Waals surface area contributed by atoms with Crippen LogP contribution >= 0.6 is 0 Å². The maximum Gasteiger partial charge on any atom is 0.249 e. The minimum Gasteiger partial charge on any atom is -0.394 e. The second-order valence-electron chi connectivity index (χ2n) is 15.8. The number of hydrogen-bond donors (Lipinski definition) is 5. The number of amides is 1. The van der Waals surface area contributed by atoms with Crippen molar-refractivity contribution in [1.29, 1.82) is 0 Å². The van der Waals surface area contributed by atoms with Crippen LogP contribution in [-0.4, -0.2) is 57.3 Å². The zero-order valence-electron chi connectivity index (χ0n) is 34.1. The fourth-order valence-corrected chi connectivity index (χ4v) is 7.11. The molecular weight excluding hydrogens is 634 g/mol. The van der Waals surface area contributed by atoms with Crippen LogP contribution in [0.15, 0.2) is 12.2 Å². The molecule has 4 unspecified atom stereocenters. The van der Waals surface area contributed by atoms with E-state index in [0.29, 0.717) is 12.8 Å². The van der Waals surface area contributed by atoms with E-state index in [2.05, 4.69) is 31.3 Å². The molecule has 0 radical (unpaired) electrons. The van der Waals surface area contributed by atoms with Crippen LogP contribution in [0.5, 0.6) is 0 Å². The molecule has 0 aromatic carbocycles. The summed E-state index contributed by atoms with van der Waals surface area (Å²) in [5.41, 5.74) is 0. The fourth-order valence-electron chi connectivity index (χ4n) is 7.11. The van der Waals surface area contributed by atoms with Crippen LogP contribution < -0.4 is 5.32 Å². The Hall–Kier alpha value is -0.950. The molecule has 51 heavy (non-hydrogen) atoms. The van der Waals surface area contributed by atoms with E-state index in [-0.39, 0.29) is 0 Å². The van der Waals surface area contributed by atoms with E-state index in [1.807, 2.05) is 0 Å². The number of nitrogens with one attached hydrogen (secondary N) is 1. The third-order valence-corrected chi connectivity index (χ3v) is 10.7. The van der Waals surface area contributed by atoms with Crippen molar-refractivity contribution in [3.05, 3.63) is 12.2 Å². The van der Waals surface area contributed by atoms with Crippen LogP contribution in [0.1, 0.15) is 239 Å². The first-order valence-electron chi connectivity index (χ1n) is 22.6. The monoisotopic (exact) mass is 724 g/mol. The van der Waals surface area contributed by atoms with Crippen molar-refractivity contribution >= 4 is 5.91 Å². The molecule has 5 N–H and O–H groups in total. The van der Waals surface area contributed by atoms with Crippen LogP contribution in [0, 0.1) is 0 Å². The smallest absolute Gasteiger partial charge is 0.249 e. The van der Waals surface area contributed by atoms with Gasteiger partial charge in [-0.15, -0.1) is 0 Å². The molecule has 0 fully saturated rings. The highest BCUT2D eigenvalue weighted by atomic mass is 16.3. The van der Waals surface area contributed by atoms with Crippen LogP contribution in [-0.2, 0) is 4.79 Å². The molecule has 0 aromatic heterocycles. The van der Waals surface area contributed by atoms with Crippen LogP contribution in [0.3, 0.4) is 0 Å². The molecule has 0 aromatic rings. The third-order valence-electron chi connectivity index (χ3n) is 10.7. The summed E-state index contributed by atoms with van der Waals surface area (Å²) in [7, 11) is 0. The largest absolute Gasteiger partial charge is 0.394 e. The van der Waals surface area contributed by atoms with Crippen LogP contribution in [0.2, 0.25) is 0 Å². The van der Waals surface area contributed by atoms with E-state index in [1.54, 1.807) is 0 Å². The van der Waals surface area contributed by atoms with Crippen molar-refractivity contribution in [2.45, 2.75) is 263 Å². The average Bonchev–Trinajstić information content (AvgIpc) is 3.13. The lowest BCUT2D eigenvalue weighted by Gasteiger charge is -2.27. The van der Waals surface area contributed by atoms with E-state index in [1.165, 1.54) is 161 Å². The molecule has 4 atom stereocenters. The molecule has 0 aliphatic heterocycles. The number of carbonyl (C=O) groups is 1. The Labute approximate surface area is 317 Å². The number of carbonyl (C=O) groups excluding carboxylic acids is 1. The predicted octanol–water partition coefficient (Wildman–Crippen LogP) is 11.8. The number of aliphatic hydroxyl groups excluding tert-OH is 4. The first-order chi connectivity index (χ1) is 25.0. The Morgan fingerprint density at radius 2 is 0.784 bits per heavy atom. The van der Waals surface area contributed by atoms with Crippen molar-refractivity contribution < 1.29 is 25.2 Å². The summed E-state index contributed by atoms with van der Waals surface area (Å²) in [6.07, 6.45) is 43.8. The summed E-state index contributed by atoms with van der Waals surface area (Å²) in [6, 6.07) is -0.986. The predicted molar refractivity (Wildman–Crippen MR) is 219 cm³/mol. The molecule has 6 nitrogen and oxygen atoms in total. The van der Waals surface area contributed by atoms with E-state index in [0.717, 1.165) is 51.4 Å². The van der Waals surface area contributed by atoms with Gasteiger partial charge in [-0.2, -0.15) is 0 Å². The van der Waals surface area contributed by atoms with Crippen molar-refractivity contribution in [2.75, 3.05) is 6.61 Å². The van der Waals surface area contributed by atoms with Gasteiger partial charge in [0.2, 0.25) is 5.91 Å². The summed E-state index contributed by atoms with van der Waals surface area (Å²) in [6.45, 7) is 4.06. The van der Waals surface area contributed by atoms with Gasteiger partial charge >= 0.3 is 0 Å². The number of aliphatic hydroxyl groups is 4. The molecule has 0 aliphatic carbocycles. The van der Waals surface area contributed by atoms with Crippen LogP contribution in [0.4, 0.5) is 0 Å². The fraction of sp³-hybridized carbons (Fsp3) is 0.933. The number of allylic oxidation sites excluding steroid dienone is 2. The molecule has 0 aliphatic rings. The zero-order valence-corrected chi connectivity index (χ0v) is 34.1. The Kier molecular flexibility index (Phi) is 39.5. The Morgan fingerprint density at radius 3 is 1.14 bits per heavy atom.